The van der Waals surface area contributed by atoms with Crippen molar-refractivity contribution >= 4 is 32.8 Å². The quantitative estimate of drug-likeness (QED) is 0.910. The zero-order valence-corrected chi connectivity index (χ0v) is 11.6. The van der Waals surface area contributed by atoms with Gasteiger partial charge in [0.2, 0.25) is 0 Å². The molecular weight excluding hydrogens is 282 g/mol. The van der Waals surface area contributed by atoms with Crippen LogP contribution in [0.5, 0.6) is 0 Å². The van der Waals surface area contributed by atoms with Crippen LogP contribution in [0.2, 0.25) is 0 Å². The van der Waals surface area contributed by atoms with Crippen LogP contribution in [0.3, 0.4) is 0 Å². The van der Waals surface area contributed by atoms with E-state index in [0.717, 1.165) is 21.1 Å². The Morgan fingerprint density at radius 3 is 2.53 bits per heavy atom. The topological polar surface area (TPSA) is 42.2 Å². The molecule has 0 spiro atoms. The molecule has 1 aromatic heterocycles. The number of halogens is 1. The highest BCUT2D eigenvalue weighted by Gasteiger charge is 2.17. The van der Waals surface area contributed by atoms with Crippen LogP contribution in [0, 0.1) is 6.92 Å². The Balaban J connectivity index is 2.92. The summed E-state index contributed by atoms with van der Waals surface area (Å²) in [6, 6.07) is 5.87. The first-order chi connectivity index (χ1) is 7.91. The molecule has 4 heteroatoms. The molecule has 2 rings (SSSR count). The van der Waals surface area contributed by atoms with Crippen LogP contribution in [0.4, 0.5) is 0 Å². The molecule has 17 heavy (non-hydrogen) atoms. The standard InChI is InChI=1S/C13H14BrNO2/c1-7(2)15-8(3)4-9-5-10(14)6-11(12(9)15)13(16)17/h4-7H,1-3H3,(H,16,17). The summed E-state index contributed by atoms with van der Waals surface area (Å²) in [5.74, 6) is -0.892. The number of carboxylic acids is 1. The van der Waals surface area contributed by atoms with Crippen LogP contribution < -0.4 is 0 Å². The normalized spacial score (nSPS) is 11.4. The highest BCUT2D eigenvalue weighted by molar-refractivity contribution is 9.10. The molecule has 0 bridgehead atoms. The largest absolute Gasteiger partial charge is 0.478 e. The molecule has 0 unspecified atom stereocenters. The molecular formula is C13H14BrNO2. The molecule has 1 heterocycles. The molecule has 90 valence electrons. The van der Waals surface area contributed by atoms with Gasteiger partial charge in [0.05, 0.1) is 11.1 Å². The number of fused-ring (bicyclic) bond motifs is 1. The second-order valence-corrected chi connectivity index (χ2v) is 5.36. The van der Waals surface area contributed by atoms with Crippen LogP contribution in [0.25, 0.3) is 10.9 Å². The molecule has 2 aromatic rings. The fraction of sp³-hybridized carbons (Fsp3) is 0.308. The van der Waals surface area contributed by atoms with Crippen molar-refractivity contribution < 1.29 is 9.90 Å². The maximum Gasteiger partial charge on any atom is 0.337 e. The second-order valence-electron chi connectivity index (χ2n) is 4.45. The van der Waals surface area contributed by atoms with Gasteiger partial charge >= 0.3 is 5.97 Å². The Labute approximate surface area is 108 Å². The van der Waals surface area contributed by atoms with Crippen molar-refractivity contribution in [1.82, 2.24) is 4.57 Å². The van der Waals surface area contributed by atoms with E-state index < -0.39 is 5.97 Å². The summed E-state index contributed by atoms with van der Waals surface area (Å²) in [5.41, 5.74) is 2.22. The van der Waals surface area contributed by atoms with Crippen molar-refractivity contribution in [1.29, 1.82) is 0 Å². The van der Waals surface area contributed by atoms with Crippen LogP contribution >= 0.6 is 15.9 Å². The third-order valence-corrected chi connectivity index (χ3v) is 3.29. The second kappa shape index (κ2) is 4.18. The van der Waals surface area contributed by atoms with E-state index in [4.69, 9.17) is 0 Å². The van der Waals surface area contributed by atoms with Gasteiger partial charge < -0.3 is 9.67 Å². The predicted octanol–water partition coefficient (Wildman–Crippen LogP) is 3.99. The Morgan fingerprint density at radius 1 is 1.35 bits per heavy atom. The number of carboxylic acid groups (broad SMARTS) is 1. The first kappa shape index (κ1) is 12.2. The zero-order chi connectivity index (χ0) is 12.7. The van der Waals surface area contributed by atoms with E-state index in [1.54, 1.807) is 6.07 Å². The third kappa shape index (κ3) is 1.97. The van der Waals surface area contributed by atoms with Crippen LogP contribution in [0.1, 0.15) is 35.9 Å². The molecule has 0 radical (unpaired) electrons. The zero-order valence-electron chi connectivity index (χ0n) is 9.99. The van der Waals surface area contributed by atoms with Crippen molar-refractivity contribution in [2.75, 3.05) is 0 Å². The van der Waals surface area contributed by atoms with Crippen molar-refractivity contribution in [3.63, 3.8) is 0 Å². The van der Waals surface area contributed by atoms with Crippen LogP contribution in [-0.2, 0) is 0 Å². The maximum atomic E-state index is 11.3. The minimum absolute atomic E-state index is 0.242. The molecule has 0 aliphatic heterocycles. The average Bonchev–Trinajstić information content (AvgIpc) is 2.51. The van der Waals surface area contributed by atoms with Crippen molar-refractivity contribution in [3.05, 3.63) is 33.9 Å². The first-order valence-corrected chi connectivity index (χ1v) is 6.25. The monoisotopic (exact) mass is 295 g/mol. The molecule has 3 nitrogen and oxygen atoms in total. The number of aromatic carboxylic acids is 1. The van der Waals surface area contributed by atoms with Gasteiger partial charge in [0.15, 0.2) is 0 Å². The maximum absolute atomic E-state index is 11.3. The smallest absolute Gasteiger partial charge is 0.337 e. The molecule has 0 aliphatic rings. The van der Waals surface area contributed by atoms with Gasteiger partial charge in [0.25, 0.3) is 0 Å². The first-order valence-electron chi connectivity index (χ1n) is 5.46. The summed E-state index contributed by atoms with van der Waals surface area (Å²) in [6.45, 7) is 6.11. The van der Waals surface area contributed by atoms with Gasteiger partial charge in [-0.3, -0.25) is 0 Å². The van der Waals surface area contributed by atoms with Crippen molar-refractivity contribution in [2.24, 2.45) is 0 Å². The number of aromatic nitrogens is 1. The highest BCUT2D eigenvalue weighted by Crippen LogP contribution is 2.30. The summed E-state index contributed by atoms with van der Waals surface area (Å²) in [6.07, 6.45) is 0. The van der Waals surface area contributed by atoms with E-state index in [1.165, 1.54) is 0 Å². The van der Waals surface area contributed by atoms with E-state index in [0.29, 0.717) is 5.56 Å². The summed E-state index contributed by atoms with van der Waals surface area (Å²) >= 11 is 3.35. The lowest BCUT2D eigenvalue weighted by Gasteiger charge is -2.14. The fourth-order valence-corrected chi connectivity index (χ4v) is 2.77. The lowest BCUT2D eigenvalue weighted by Crippen LogP contribution is -2.07. The number of hydrogen-bond donors (Lipinski definition) is 1. The minimum atomic E-state index is -0.892. The summed E-state index contributed by atoms with van der Waals surface area (Å²) in [5, 5.41) is 10.2. The number of hydrogen-bond acceptors (Lipinski definition) is 1. The Morgan fingerprint density at radius 2 is 2.00 bits per heavy atom. The minimum Gasteiger partial charge on any atom is -0.478 e. The van der Waals surface area contributed by atoms with Crippen LogP contribution in [0.15, 0.2) is 22.7 Å². The molecule has 0 atom stereocenters. The molecule has 0 fully saturated rings. The van der Waals surface area contributed by atoms with Gasteiger partial charge in [-0.2, -0.15) is 0 Å². The molecule has 1 N–H and O–H groups in total. The predicted molar refractivity (Wildman–Crippen MR) is 71.7 cm³/mol. The lowest BCUT2D eigenvalue weighted by atomic mass is 10.1. The number of benzene rings is 1. The summed E-state index contributed by atoms with van der Waals surface area (Å²) in [7, 11) is 0. The molecule has 0 amide bonds. The SMILES string of the molecule is Cc1cc2cc(Br)cc(C(=O)O)c2n1C(C)C. The number of carbonyl (C=O) groups is 1. The molecule has 0 aliphatic carbocycles. The van der Waals surface area contributed by atoms with E-state index >= 15 is 0 Å². The van der Waals surface area contributed by atoms with Gasteiger partial charge in [-0.1, -0.05) is 15.9 Å². The number of aryl methyl sites for hydroxylation is 1. The number of nitrogens with zero attached hydrogens (tertiary/aromatic N) is 1. The average molecular weight is 296 g/mol. The van der Waals surface area contributed by atoms with Gasteiger partial charge in [-0.25, -0.2) is 4.79 Å². The summed E-state index contributed by atoms with van der Waals surface area (Å²) < 4.78 is 2.86. The fourth-order valence-electron chi connectivity index (χ4n) is 2.30. The highest BCUT2D eigenvalue weighted by atomic mass is 79.9. The van der Waals surface area contributed by atoms with Gasteiger partial charge in [0, 0.05) is 21.6 Å². The molecule has 0 saturated heterocycles. The lowest BCUT2D eigenvalue weighted by molar-refractivity contribution is 0.0698. The van der Waals surface area contributed by atoms with Crippen molar-refractivity contribution in [3.8, 4) is 0 Å². The Hall–Kier alpha value is -1.29. The summed E-state index contributed by atoms with van der Waals surface area (Å²) in [4.78, 5) is 11.3. The molecule has 1 aromatic carbocycles. The number of rotatable bonds is 2. The Kier molecular flexibility index (Phi) is 3.00. The van der Waals surface area contributed by atoms with Crippen LogP contribution in [-0.4, -0.2) is 15.6 Å². The Bertz CT molecular complexity index is 599. The van der Waals surface area contributed by atoms with E-state index in [2.05, 4.69) is 34.3 Å². The third-order valence-electron chi connectivity index (χ3n) is 2.84. The molecule has 0 saturated carbocycles. The van der Waals surface area contributed by atoms with Gasteiger partial charge in [0.1, 0.15) is 0 Å². The van der Waals surface area contributed by atoms with E-state index in [-0.39, 0.29) is 6.04 Å². The van der Waals surface area contributed by atoms with Crippen molar-refractivity contribution in [2.45, 2.75) is 26.8 Å². The van der Waals surface area contributed by atoms with E-state index in [9.17, 15) is 9.90 Å². The van der Waals surface area contributed by atoms with Gasteiger partial charge in [-0.05, 0) is 39.0 Å². The van der Waals surface area contributed by atoms with Gasteiger partial charge in [-0.15, -0.1) is 0 Å². The van der Waals surface area contributed by atoms with E-state index in [1.807, 2.05) is 19.1 Å².